The first-order chi connectivity index (χ1) is 11.8. The molecule has 0 bridgehead atoms. The van der Waals surface area contributed by atoms with Crippen molar-refractivity contribution in [2.24, 2.45) is 0 Å². The minimum Gasteiger partial charge on any atom is -0.332 e. The Bertz CT molecular complexity index is 883. The number of thiocarbonyl (C=S) groups is 1. The number of hydrogen-bond donors (Lipinski definition) is 3. The standard InChI is InChI=1S/C15H16N4O4S2/c1-2-11-6-8-12(9-7-11)16-15(24)17-18-25(22,23)14-5-3-4-13(10-14)19(20)21/h3-10,18H,2H2,1H3,(H2,16,17,24). The number of hydrogen-bond acceptors (Lipinski definition) is 5. The molecular formula is C15H16N4O4S2. The lowest BCUT2D eigenvalue weighted by Gasteiger charge is -2.12. The van der Waals surface area contributed by atoms with E-state index in [9.17, 15) is 18.5 Å². The molecule has 0 spiro atoms. The van der Waals surface area contributed by atoms with Crippen LogP contribution in [-0.2, 0) is 16.4 Å². The van der Waals surface area contributed by atoms with E-state index in [2.05, 4.69) is 15.6 Å². The third kappa shape index (κ3) is 5.21. The van der Waals surface area contributed by atoms with Gasteiger partial charge in [-0.2, -0.15) is 0 Å². The largest absolute Gasteiger partial charge is 0.332 e. The highest BCUT2D eigenvalue weighted by molar-refractivity contribution is 7.89. The molecule has 0 fully saturated rings. The van der Waals surface area contributed by atoms with Gasteiger partial charge in [-0.1, -0.05) is 25.1 Å². The summed E-state index contributed by atoms with van der Waals surface area (Å²) in [5, 5.41) is 13.6. The van der Waals surface area contributed by atoms with Crippen molar-refractivity contribution in [3.05, 3.63) is 64.2 Å². The molecule has 25 heavy (non-hydrogen) atoms. The van der Waals surface area contributed by atoms with Crippen LogP contribution < -0.4 is 15.6 Å². The molecule has 0 heterocycles. The first-order valence-electron chi connectivity index (χ1n) is 7.24. The third-order valence-corrected chi connectivity index (χ3v) is 4.71. The maximum Gasteiger partial charge on any atom is 0.270 e. The van der Waals surface area contributed by atoms with Crippen LogP contribution in [0.25, 0.3) is 0 Å². The van der Waals surface area contributed by atoms with Crippen LogP contribution in [0.5, 0.6) is 0 Å². The van der Waals surface area contributed by atoms with E-state index >= 15 is 0 Å². The lowest BCUT2D eigenvalue weighted by atomic mass is 10.1. The van der Waals surface area contributed by atoms with E-state index in [1.807, 2.05) is 31.2 Å². The molecule has 0 saturated carbocycles. The van der Waals surface area contributed by atoms with E-state index < -0.39 is 14.9 Å². The smallest absolute Gasteiger partial charge is 0.270 e. The summed E-state index contributed by atoms with van der Waals surface area (Å²) in [6.45, 7) is 2.04. The highest BCUT2D eigenvalue weighted by Gasteiger charge is 2.17. The molecular weight excluding hydrogens is 364 g/mol. The Morgan fingerprint density at radius 1 is 1.20 bits per heavy atom. The Balaban J connectivity index is 2.00. The number of anilines is 1. The van der Waals surface area contributed by atoms with Crippen LogP contribution in [0.1, 0.15) is 12.5 Å². The molecule has 3 N–H and O–H groups in total. The van der Waals surface area contributed by atoms with E-state index in [-0.39, 0.29) is 15.7 Å². The van der Waals surface area contributed by atoms with Gasteiger partial charge in [-0.3, -0.25) is 15.5 Å². The van der Waals surface area contributed by atoms with E-state index in [4.69, 9.17) is 12.2 Å². The molecule has 2 aromatic carbocycles. The fourth-order valence-corrected chi connectivity index (χ4v) is 3.04. The summed E-state index contributed by atoms with van der Waals surface area (Å²) in [7, 11) is -4.01. The van der Waals surface area contributed by atoms with Gasteiger partial charge in [-0.25, -0.2) is 8.42 Å². The maximum atomic E-state index is 12.2. The molecule has 0 aliphatic carbocycles. The summed E-state index contributed by atoms with van der Waals surface area (Å²) in [5.74, 6) is 0. The van der Waals surface area contributed by atoms with Gasteiger partial charge >= 0.3 is 0 Å². The predicted octanol–water partition coefficient (Wildman–Crippen LogP) is 2.34. The minimum atomic E-state index is -4.01. The van der Waals surface area contributed by atoms with Crippen molar-refractivity contribution in [1.82, 2.24) is 10.3 Å². The molecule has 0 aromatic heterocycles. The number of non-ortho nitro benzene ring substituents is 1. The lowest BCUT2D eigenvalue weighted by Crippen LogP contribution is -2.43. The fourth-order valence-electron chi connectivity index (χ4n) is 1.92. The highest BCUT2D eigenvalue weighted by Crippen LogP contribution is 2.16. The highest BCUT2D eigenvalue weighted by atomic mass is 32.2. The second-order valence-electron chi connectivity index (χ2n) is 4.99. The second-order valence-corrected chi connectivity index (χ2v) is 7.08. The molecule has 0 atom stereocenters. The third-order valence-electron chi connectivity index (χ3n) is 3.26. The first kappa shape index (κ1) is 18.8. The number of aryl methyl sites for hydroxylation is 1. The van der Waals surface area contributed by atoms with Gasteiger partial charge in [-0.15, -0.1) is 4.83 Å². The second kappa shape index (κ2) is 8.01. The zero-order valence-electron chi connectivity index (χ0n) is 13.2. The predicted molar refractivity (Wildman–Crippen MR) is 98.6 cm³/mol. The Hall–Kier alpha value is -2.56. The number of nitro benzene ring substituents is 1. The zero-order valence-corrected chi connectivity index (χ0v) is 14.9. The van der Waals surface area contributed by atoms with Crippen molar-refractivity contribution < 1.29 is 13.3 Å². The van der Waals surface area contributed by atoms with Crippen molar-refractivity contribution in [3.8, 4) is 0 Å². The molecule has 0 amide bonds. The van der Waals surface area contributed by atoms with Crippen LogP contribution in [-0.4, -0.2) is 18.5 Å². The normalized spacial score (nSPS) is 10.9. The van der Waals surface area contributed by atoms with Gasteiger partial charge in [0.15, 0.2) is 5.11 Å². The van der Waals surface area contributed by atoms with E-state index in [0.717, 1.165) is 18.1 Å². The Morgan fingerprint density at radius 2 is 1.88 bits per heavy atom. The van der Waals surface area contributed by atoms with Crippen molar-refractivity contribution in [3.63, 3.8) is 0 Å². The van der Waals surface area contributed by atoms with Crippen molar-refractivity contribution in [2.75, 3.05) is 5.32 Å². The summed E-state index contributed by atoms with van der Waals surface area (Å²) in [5.41, 5.74) is 3.90. The molecule has 10 heteroatoms. The van der Waals surface area contributed by atoms with Crippen molar-refractivity contribution in [1.29, 1.82) is 0 Å². The van der Waals surface area contributed by atoms with Gasteiger partial charge in [0.1, 0.15) is 0 Å². The summed E-state index contributed by atoms with van der Waals surface area (Å²) >= 11 is 5.03. The Morgan fingerprint density at radius 3 is 2.48 bits per heavy atom. The van der Waals surface area contributed by atoms with Crippen LogP contribution in [0.4, 0.5) is 11.4 Å². The lowest BCUT2D eigenvalue weighted by molar-refractivity contribution is -0.385. The van der Waals surface area contributed by atoms with Crippen LogP contribution in [0.15, 0.2) is 53.4 Å². The monoisotopic (exact) mass is 380 g/mol. The molecule has 8 nitrogen and oxygen atoms in total. The Labute approximate surface area is 150 Å². The van der Waals surface area contributed by atoms with Crippen LogP contribution in [0.2, 0.25) is 0 Å². The summed E-state index contributed by atoms with van der Waals surface area (Å²) < 4.78 is 24.3. The molecule has 0 radical (unpaired) electrons. The Kier molecular flexibility index (Phi) is 6.02. The SMILES string of the molecule is CCc1ccc(NC(=S)NNS(=O)(=O)c2cccc([N+](=O)[O-])c2)cc1. The molecule has 2 aromatic rings. The molecule has 0 aliphatic rings. The van der Waals surface area contributed by atoms with E-state index in [1.165, 1.54) is 18.2 Å². The topological polar surface area (TPSA) is 113 Å². The van der Waals surface area contributed by atoms with Crippen LogP contribution in [0.3, 0.4) is 0 Å². The van der Waals surface area contributed by atoms with Gasteiger partial charge in [-0.05, 0) is 42.4 Å². The van der Waals surface area contributed by atoms with Gasteiger partial charge in [0.2, 0.25) is 0 Å². The average Bonchev–Trinajstić information content (AvgIpc) is 2.61. The first-order valence-corrected chi connectivity index (χ1v) is 9.13. The van der Waals surface area contributed by atoms with Gasteiger partial charge in [0.25, 0.3) is 15.7 Å². The number of sulfonamides is 1. The van der Waals surface area contributed by atoms with Crippen LogP contribution >= 0.6 is 12.2 Å². The number of rotatable bonds is 6. The molecule has 2 rings (SSSR count). The van der Waals surface area contributed by atoms with E-state index in [0.29, 0.717) is 5.69 Å². The molecule has 0 unspecified atom stereocenters. The maximum absolute atomic E-state index is 12.2. The van der Waals surface area contributed by atoms with Crippen molar-refractivity contribution in [2.45, 2.75) is 18.2 Å². The van der Waals surface area contributed by atoms with E-state index in [1.54, 1.807) is 0 Å². The summed E-state index contributed by atoms with van der Waals surface area (Å²) in [4.78, 5) is 11.9. The number of nitrogens with zero attached hydrogens (tertiary/aromatic N) is 1. The molecule has 0 saturated heterocycles. The summed E-state index contributed by atoms with van der Waals surface area (Å²) in [6.07, 6.45) is 0.909. The molecule has 132 valence electrons. The number of nitrogens with one attached hydrogen (secondary N) is 3. The fraction of sp³-hybridized carbons (Fsp3) is 0.133. The number of nitro groups is 1. The van der Waals surface area contributed by atoms with Gasteiger partial charge in [0, 0.05) is 17.8 Å². The minimum absolute atomic E-state index is 0.0401. The number of hydrazine groups is 1. The van der Waals surface area contributed by atoms with Crippen molar-refractivity contribution >= 4 is 38.7 Å². The zero-order chi connectivity index (χ0) is 18.4. The molecule has 0 aliphatic heterocycles. The number of benzene rings is 2. The average molecular weight is 380 g/mol. The quantitative estimate of drug-likeness (QED) is 0.400. The van der Waals surface area contributed by atoms with Gasteiger partial charge in [0.05, 0.1) is 9.82 Å². The summed E-state index contributed by atoms with van der Waals surface area (Å²) in [6, 6.07) is 12.2. The van der Waals surface area contributed by atoms with Crippen LogP contribution in [0, 0.1) is 10.1 Å². The van der Waals surface area contributed by atoms with Gasteiger partial charge < -0.3 is 5.32 Å².